The molecule has 0 aliphatic heterocycles. The van der Waals surface area contributed by atoms with E-state index in [1.165, 1.54) is 6.07 Å². The fourth-order valence-corrected chi connectivity index (χ4v) is 3.43. The average Bonchev–Trinajstić information content (AvgIpc) is 3.14. The van der Waals surface area contributed by atoms with E-state index in [-0.39, 0.29) is 36.2 Å². The highest BCUT2D eigenvalue weighted by Gasteiger charge is 2.46. The Bertz CT molecular complexity index is 555. The molecular weight excluding hydrogens is 310 g/mol. The van der Waals surface area contributed by atoms with Crippen molar-refractivity contribution in [2.45, 2.75) is 37.6 Å². The van der Waals surface area contributed by atoms with E-state index in [1.54, 1.807) is 0 Å². The van der Waals surface area contributed by atoms with Gasteiger partial charge < -0.3 is 11.1 Å². The van der Waals surface area contributed by atoms with Gasteiger partial charge in [-0.3, -0.25) is 4.79 Å². The Morgan fingerprint density at radius 1 is 1.32 bits per heavy atom. The quantitative estimate of drug-likeness (QED) is 0.892. The van der Waals surface area contributed by atoms with Gasteiger partial charge in [-0.05, 0) is 61.4 Å². The van der Waals surface area contributed by atoms with Gasteiger partial charge in [-0.2, -0.15) is 0 Å². The predicted octanol–water partition coefficient (Wildman–Crippen LogP) is 2.73. The molecule has 122 valence electrons. The summed E-state index contributed by atoms with van der Waals surface area (Å²) in [7, 11) is 0. The summed E-state index contributed by atoms with van der Waals surface area (Å²) in [6.07, 6.45) is 3.68. The highest BCUT2D eigenvalue weighted by atomic mass is 35.5. The third-order valence-electron chi connectivity index (χ3n) is 4.77. The summed E-state index contributed by atoms with van der Waals surface area (Å²) in [6, 6.07) is 3.56. The van der Waals surface area contributed by atoms with Crippen LogP contribution in [0.2, 0.25) is 0 Å². The van der Waals surface area contributed by atoms with E-state index in [4.69, 9.17) is 5.73 Å². The number of nitrogens with one attached hydrogen (secondary N) is 1. The summed E-state index contributed by atoms with van der Waals surface area (Å²) in [5.74, 6) is -1.03. The van der Waals surface area contributed by atoms with Gasteiger partial charge in [-0.15, -0.1) is 12.4 Å². The lowest BCUT2D eigenvalue weighted by Crippen LogP contribution is -2.40. The van der Waals surface area contributed by atoms with E-state index in [2.05, 4.69) is 5.32 Å². The largest absolute Gasteiger partial charge is 0.353 e. The number of halogens is 3. The first kappa shape index (κ1) is 17.2. The Morgan fingerprint density at radius 2 is 2.09 bits per heavy atom. The van der Waals surface area contributed by atoms with Crippen LogP contribution in [0.4, 0.5) is 8.78 Å². The van der Waals surface area contributed by atoms with Crippen LogP contribution in [0.5, 0.6) is 0 Å². The minimum Gasteiger partial charge on any atom is -0.353 e. The van der Waals surface area contributed by atoms with Crippen molar-refractivity contribution in [3.8, 4) is 0 Å². The Morgan fingerprint density at radius 3 is 2.82 bits per heavy atom. The molecule has 1 aromatic carbocycles. The number of benzene rings is 1. The molecule has 0 aromatic heterocycles. The van der Waals surface area contributed by atoms with Crippen molar-refractivity contribution in [1.29, 1.82) is 0 Å². The smallest absolute Gasteiger partial charge is 0.223 e. The minimum atomic E-state index is -0.462. The summed E-state index contributed by atoms with van der Waals surface area (Å²) in [4.78, 5) is 12.2. The van der Waals surface area contributed by atoms with Crippen LogP contribution in [-0.4, -0.2) is 18.5 Å². The SMILES string of the molecule is Cl.NCC1CCCC1NC(=O)C1CC1c1cc(F)ccc1F. The van der Waals surface area contributed by atoms with Gasteiger partial charge in [0.1, 0.15) is 11.6 Å². The van der Waals surface area contributed by atoms with Gasteiger partial charge in [0.15, 0.2) is 0 Å². The first-order chi connectivity index (χ1) is 10.1. The van der Waals surface area contributed by atoms with Crippen molar-refractivity contribution in [2.24, 2.45) is 17.6 Å². The van der Waals surface area contributed by atoms with Crippen LogP contribution >= 0.6 is 12.4 Å². The van der Waals surface area contributed by atoms with Gasteiger partial charge in [-0.1, -0.05) is 6.42 Å². The second kappa shape index (κ2) is 6.92. The molecule has 3 N–H and O–H groups in total. The van der Waals surface area contributed by atoms with E-state index in [0.29, 0.717) is 24.4 Å². The number of hydrogen-bond acceptors (Lipinski definition) is 2. The fraction of sp³-hybridized carbons (Fsp3) is 0.562. The Balaban J connectivity index is 0.00000176. The highest BCUT2D eigenvalue weighted by molar-refractivity contribution is 5.85. The average molecular weight is 331 g/mol. The standard InChI is InChI=1S/C16H20F2N2O.ClH/c17-10-4-5-14(18)12(6-10)11-7-13(11)16(21)20-15-3-1-2-9(15)8-19;/h4-6,9,11,13,15H,1-3,7-8,19H2,(H,20,21);1H. The molecule has 3 nitrogen and oxygen atoms in total. The molecule has 0 heterocycles. The zero-order chi connectivity index (χ0) is 15.0. The monoisotopic (exact) mass is 330 g/mol. The summed E-state index contributed by atoms with van der Waals surface area (Å²) in [5.41, 5.74) is 6.02. The first-order valence-corrected chi connectivity index (χ1v) is 7.55. The molecule has 0 saturated heterocycles. The topological polar surface area (TPSA) is 55.1 Å². The molecule has 0 spiro atoms. The minimum absolute atomic E-state index is 0. The van der Waals surface area contributed by atoms with Crippen LogP contribution in [0.1, 0.15) is 37.2 Å². The number of rotatable bonds is 4. The van der Waals surface area contributed by atoms with Crippen molar-refractivity contribution in [3.05, 3.63) is 35.4 Å². The maximum Gasteiger partial charge on any atom is 0.223 e. The maximum absolute atomic E-state index is 13.7. The van der Waals surface area contributed by atoms with E-state index < -0.39 is 11.6 Å². The van der Waals surface area contributed by atoms with E-state index in [9.17, 15) is 13.6 Å². The molecule has 0 radical (unpaired) electrons. The molecule has 4 atom stereocenters. The van der Waals surface area contributed by atoms with Crippen LogP contribution < -0.4 is 11.1 Å². The zero-order valence-electron chi connectivity index (χ0n) is 12.2. The lowest BCUT2D eigenvalue weighted by atomic mass is 10.0. The number of carbonyl (C=O) groups excluding carboxylic acids is 1. The van der Waals surface area contributed by atoms with E-state index >= 15 is 0 Å². The molecule has 2 aliphatic rings. The van der Waals surface area contributed by atoms with E-state index in [1.807, 2.05) is 0 Å². The molecule has 2 saturated carbocycles. The molecule has 1 aromatic rings. The maximum atomic E-state index is 13.7. The first-order valence-electron chi connectivity index (χ1n) is 7.55. The van der Waals surface area contributed by atoms with Gasteiger partial charge in [0.05, 0.1) is 0 Å². The normalized spacial score (nSPS) is 29.8. The molecular formula is C16H21ClF2N2O. The van der Waals surface area contributed by atoms with Crippen molar-refractivity contribution in [3.63, 3.8) is 0 Å². The number of amides is 1. The summed E-state index contributed by atoms with van der Waals surface area (Å²) in [5, 5.41) is 3.04. The number of hydrogen-bond donors (Lipinski definition) is 2. The third-order valence-corrected chi connectivity index (χ3v) is 4.77. The Labute approximate surface area is 135 Å². The molecule has 4 unspecified atom stereocenters. The zero-order valence-corrected chi connectivity index (χ0v) is 13.0. The Kier molecular flexibility index (Phi) is 5.40. The van der Waals surface area contributed by atoms with Crippen LogP contribution in [0.15, 0.2) is 18.2 Å². The molecule has 22 heavy (non-hydrogen) atoms. The van der Waals surface area contributed by atoms with Gasteiger partial charge in [0.2, 0.25) is 5.91 Å². The van der Waals surface area contributed by atoms with Gasteiger partial charge >= 0.3 is 0 Å². The summed E-state index contributed by atoms with van der Waals surface area (Å²) >= 11 is 0. The Hall–Kier alpha value is -1.20. The van der Waals surface area contributed by atoms with Crippen molar-refractivity contribution >= 4 is 18.3 Å². The van der Waals surface area contributed by atoms with E-state index in [0.717, 1.165) is 31.4 Å². The summed E-state index contributed by atoms with van der Waals surface area (Å²) in [6.45, 7) is 0.581. The summed E-state index contributed by atoms with van der Waals surface area (Å²) < 4.78 is 26.9. The molecule has 0 bridgehead atoms. The lowest BCUT2D eigenvalue weighted by Gasteiger charge is -2.19. The van der Waals surface area contributed by atoms with Gasteiger partial charge in [0.25, 0.3) is 0 Å². The molecule has 3 rings (SSSR count). The third kappa shape index (κ3) is 3.41. The van der Waals surface area contributed by atoms with Crippen LogP contribution in [0.3, 0.4) is 0 Å². The molecule has 6 heteroatoms. The fourth-order valence-electron chi connectivity index (χ4n) is 3.43. The second-order valence-corrected chi connectivity index (χ2v) is 6.16. The van der Waals surface area contributed by atoms with Crippen LogP contribution in [0.25, 0.3) is 0 Å². The van der Waals surface area contributed by atoms with Gasteiger partial charge in [0, 0.05) is 12.0 Å². The molecule has 2 fully saturated rings. The van der Waals surface area contributed by atoms with Crippen molar-refractivity contribution in [2.75, 3.05) is 6.54 Å². The lowest BCUT2D eigenvalue weighted by molar-refractivity contribution is -0.123. The number of carbonyl (C=O) groups is 1. The van der Waals surface area contributed by atoms with Crippen LogP contribution in [0, 0.1) is 23.5 Å². The van der Waals surface area contributed by atoms with Crippen molar-refractivity contribution in [1.82, 2.24) is 5.32 Å². The molecule has 2 aliphatic carbocycles. The predicted molar refractivity (Wildman–Crippen MR) is 82.8 cm³/mol. The second-order valence-electron chi connectivity index (χ2n) is 6.16. The van der Waals surface area contributed by atoms with Crippen LogP contribution in [-0.2, 0) is 4.79 Å². The van der Waals surface area contributed by atoms with Crippen molar-refractivity contribution < 1.29 is 13.6 Å². The number of nitrogens with two attached hydrogens (primary N) is 1. The van der Waals surface area contributed by atoms with Gasteiger partial charge in [-0.25, -0.2) is 8.78 Å². The highest BCUT2D eigenvalue weighted by Crippen LogP contribution is 2.48. The molecule has 1 amide bonds.